The van der Waals surface area contributed by atoms with Gasteiger partial charge in [-0.15, -0.1) is 0 Å². The quantitative estimate of drug-likeness (QED) is 0.913. The molecule has 0 radical (unpaired) electrons. The fraction of sp³-hybridized carbons (Fsp3) is 0.353. The van der Waals surface area contributed by atoms with Crippen molar-refractivity contribution in [2.75, 3.05) is 0 Å². The zero-order chi connectivity index (χ0) is 17.0. The van der Waals surface area contributed by atoms with Crippen molar-refractivity contribution in [3.05, 3.63) is 62.0 Å². The molecule has 0 saturated heterocycles. The number of nitriles is 1. The third kappa shape index (κ3) is 3.61. The number of aryl methyl sites for hydroxylation is 1. The lowest BCUT2D eigenvalue weighted by Crippen LogP contribution is -2.30. The lowest BCUT2D eigenvalue weighted by molar-refractivity contribution is 0.149. The SMILES string of the molecule is CCc1nn(CC(O)c2ccc(Cl)cc2)c(=O)c(C#N)c1CC. The highest BCUT2D eigenvalue weighted by Crippen LogP contribution is 2.18. The molecule has 1 N–H and O–H groups in total. The maximum Gasteiger partial charge on any atom is 0.285 e. The molecule has 0 aliphatic heterocycles. The molecule has 2 aromatic rings. The molecule has 0 aliphatic carbocycles. The number of rotatable bonds is 5. The molecule has 0 saturated carbocycles. The van der Waals surface area contributed by atoms with Gasteiger partial charge in [-0.2, -0.15) is 10.4 Å². The van der Waals surface area contributed by atoms with Crippen LogP contribution >= 0.6 is 11.6 Å². The molecule has 0 aliphatic rings. The van der Waals surface area contributed by atoms with Gasteiger partial charge in [-0.05, 0) is 36.1 Å². The molecule has 0 spiro atoms. The van der Waals surface area contributed by atoms with Crippen LogP contribution in [-0.4, -0.2) is 14.9 Å². The molecular weight excluding hydrogens is 314 g/mol. The van der Waals surface area contributed by atoms with Crippen LogP contribution < -0.4 is 5.56 Å². The summed E-state index contributed by atoms with van der Waals surface area (Å²) in [4.78, 5) is 12.4. The van der Waals surface area contributed by atoms with Crippen molar-refractivity contribution in [3.63, 3.8) is 0 Å². The summed E-state index contributed by atoms with van der Waals surface area (Å²) in [6.45, 7) is 3.81. The van der Waals surface area contributed by atoms with Crippen molar-refractivity contribution in [1.82, 2.24) is 9.78 Å². The van der Waals surface area contributed by atoms with Crippen LogP contribution in [0, 0.1) is 11.3 Å². The summed E-state index contributed by atoms with van der Waals surface area (Å²) in [5, 5.41) is 24.5. The van der Waals surface area contributed by atoms with Crippen LogP contribution in [0.1, 0.15) is 42.3 Å². The van der Waals surface area contributed by atoms with Gasteiger partial charge in [0.15, 0.2) is 0 Å². The second kappa shape index (κ2) is 7.40. The Kier molecular flexibility index (Phi) is 5.54. The van der Waals surface area contributed by atoms with E-state index in [1.165, 1.54) is 4.68 Å². The van der Waals surface area contributed by atoms with Crippen LogP contribution in [0.4, 0.5) is 0 Å². The van der Waals surface area contributed by atoms with Crippen LogP contribution in [0.15, 0.2) is 29.1 Å². The standard InChI is InChI=1S/C17H18ClN3O2/c1-3-13-14(9-19)17(23)21(20-15(13)4-2)10-16(22)11-5-7-12(18)8-6-11/h5-8,16,22H,3-4,10H2,1-2H3. The van der Waals surface area contributed by atoms with Gasteiger partial charge in [0.1, 0.15) is 11.6 Å². The molecule has 5 nitrogen and oxygen atoms in total. The van der Waals surface area contributed by atoms with Gasteiger partial charge in [0.05, 0.1) is 18.3 Å². The Morgan fingerprint density at radius 1 is 1.30 bits per heavy atom. The molecule has 6 heteroatoms. The summed E-state index contributed by atoms with van der Waals surface area (Å²) in [6, 6.07) is 8.73. The van der Waals surface area contributed by atoms with Crippen LogP contribution in [-0.2, 0) is 19.4 Å². The minimum Gasteiger partial charge on any atom is -0.386 e. The number of aliphatic hydroxyl groups excluding tert-OH is 1. The first-order valence-electron chi connectivity index (χ1n) is 7.48. The monoisotopic (exact) mass is 331 g/mol. The molecule has 23 heavy (non-hydrogen) atoms. The third-order valence-electron chi connectivity index (χ3n) is 3.74. The first kappa shape index (κ1) is 17.2. The number of aromatic nitrogens is 2. The Morgan fingerprint density at radius 2 is 1.96 bits per heavy atom. The number of aliphatic hydroxyl groups is 1. The van der Waals surface area contributed by atoms with Crippen LogP contribution in [0.5, 0.6) is 0 Å². The molecule has 2 rings (SSSR count). The summed E-state index contributed by atoms with van der Waals surface area (Å²) < 4.78 is 1.18. The number of hydrogen-bond acceptors (Lipinski definition) is 4. The fourth-order valence-corrected chi connectivity index (χ4v) is 2.64. The molecule has 1 unspecified atom stereocenters. The van der Waals surface area contributed by atoms with Crippen molar-refractivity contribution in [1.29, 1.82) is 5.26 Å². The van der Waals surface area contributed by atoms with E-state index in [-0.39, 0.29) is 12.1 Å². The molecule has 0 fully saturated rings. The minimum absolute atomic E-state index is 0.00780. The lowest BCUT2D eigenvalue weighted by atomic mass is 10.0. The highest BCUT2D eigenvalue weighted by Gasteiger charge is 2.17. The van der Waals surface area contributed by atoms with Gasteiger partial charge in [-0.3, -0.25) is 4.79 Å². The van der Waals surface area contributed by atoms with Gasteiger partial charge in [0.25, 0.3) is 5.56 Å². The second-order valence-electron chi connectivity index (χ2n) is 5.17. The molecule has 0 bridgehead atoms. The number of hydrogen-bond donors (Lipinski definition) is 1. The Hall–Kier alpha value is -2.16. The van der Waals surface area contributed by atoms with E-state index in [4.69, 9.17) is 11.6 Å². The Morgan fingerprint density at radius 3 is 2.48 bits per heavy atom. The Balaban J connectivity index is 2.42. The molecule has 0 amide bonds. The Labute approximate surface area is 139 Å². The third-order valence-corrected chi connectivity index (χ3v) is 3.99. The number of halogens is 1. The summed E-state index contributed by atoms with van der Waals surface area (Å²) in [6.07, 6.45) is 0.297. The first-order valence-corrected chi connectivity index (χ1v) is 7.86. The molecule has 1 aromatic carbocycles. The fourth-order valence-electron chi connectivity index (χ4n) is 2.51. The second-order valence-corrected chi connectivity index (χ2v) is 5.61. The zero-order valence-corrected chi connectivity index (χ0v) is 13.8. The van der Waals surface area contributed by atoms with E-state index >= 15 is 0 Å². The van der Waals surface area contributed by atoms with E-state index in [1.54, 1.807) is 24.3 Å². The van der Waals surface area contributed by atoms with Crippen LogP contribution in [0.25, 0.3) is 0 Å². The van der Waals surface area contributed by atoms with Crippen LogP contribution in [0.3, 0.4) is 0 Å². The van der Waals surface area contributed by atoms with E-state index in [1.807, 2.05) is 19.9 Å². The van der Waals surface area contributed by atoms with Gasteiger partial charge < -0.3 is 5.11 Å². The van der Waals surface area contributed by atoms with Gasteiger partial charge in [0, 0.05) is 5.02 Å². The van der Waals surface area contributed by atoms with E-state index in [9.17, 15) is 15.2 Å². The molecule has 1 atom stereocenters. The van der Waals surface area contributed by atoms with Crippen molar-refractivity contribution in [3.8, 4) is 6.07 Å². The average molecular weight is 332 g/mol. The number of nitrogens with zero attached hydrogens (tertiary/aromatic N) is 3. The van der Waals surface area contributed by atoms with E-state index < -0.39 is 11.7 Å². The maximum atomic E-state index is 12.4. The molecular formula is C17H18ClN3O2. The zero-order valence-electron chi connectivity index (χ0n) is 13.1. The molecule has 120 valence electrons. The normalized spacial score (nSPS) is 12.0. The van der Waals surface area contributed by atoms with Gasteiger partial charge >= 0.3 is 0 Å². The predicted molar refractivity (Wildman–Crippen MR) is 88.4 cm³/mol. The van der Waals surface area contributed by atoms with Gasteiger partial charge in [0.2, 0.25) is 0 Å². The Bertz CT molecular complexity index is 791. The molecule has 1 heterocycles. The predicted octanol–water partition coefficient (Wildman–Crippen LogP) is 2.63. The van der Waals surface area contributed by atoms with E-state index in [0.717, 1.165) is 0 Å². The largest absolute Gasteiger partial charge is 0.386 e. The smallest absolute Gasteiger partial charge is 0.285 e. The highest BCUT2D eigenvalue weighted by atomic mass is 35.5. The highest BCUT2D eigenvalue weighted by molar-refractivity contribution is 6.30. The van der Waals surface area contributed by atoms with Crippen molar-refractivity contribution in [2.24, 2.45) is 0 Å². The van der Waals surface area contributed by atoms with Gasteiger partial charge in [-0.1, -0.05) is 37.6 Å². The maximum absolute atomic E-state index is 12.4. The first-order chi connectivity index (χ1) is 11.0. The van der Waals surface area contributed by atoms with Crippen molar-refractivity contribution in [2.45, 2.75) is 39.3 Å². The van der Waals surface area contributed by atoms with E-state index in [2.05, 4.69) is 5.10 Å². The van der Waals surface area contributed by atoms with Crippen LogP contribution in [0.2, 0.25) is 5.02 Å². The van der Waals surface area contributed by atoms with E-state index in [0.29, 0.717) is 34.7 Å². The topological polar surface area (TPSA) is 78.9 Å². The summed E-state index contributed by atoms with van der Waals surface area (Å²) in [5.74, 6) is 0. The summed E-state index contributed by atoms with van der Waals surface area (Å²) in [7, 11) is 0. The summed E-state index contributed by atoms with van der Waals surface area (Å²) in [5.41, 5.74) is 1.70. The molecule has 1 aromatic heterocycles. The lowest BCUT2D eigenvalue weighted by Gasteiger charge is -2.15. The minimum atomic E-state index is -0.902. The van der Waals surface area contributed by atoms with Crippen molar-refractivity contribution < 1.29 is 5.11 Å². The van der Waals surface area contributed by atoms with Gasteiger partial charge in [-0.25, -0.2) is 4.68 Å². The summed E-state index contributed by atoms with van der Waals surface area (Å²) >= 11 is 5.83. The number of benzene rings is 1. The average Bonchev–Trinajstić information content (AvgIpc) is 2.56. The van der Waals surface area contributed by atoms with Crippen molar-refractivity contribution >= 4 is 11.6 Å².